The zero-order valence-electron chi connectivity index (χ0n) is 14.9. The zero-order valence-corrected chi connectivity index (χ0v) is 16.6. The van der Waals surface area contributed by atoms with Crippen molar-refractivity contribution in [2.75, 3.05) is 18.4 Å². The van der Waals surface area contributed by atoms with E-state index < -0.39 is 0 Å². The van der Waals surface area contributed by atoms with Crippen LogP contribution in [0.25, 0.3) is 10.9 Å². The summed E-state index contributed by atoms with van der Waals surface area (Å²) in [6.45, 7) is 5.41. The van der Waals surface area contributed by atoms with Crippen molar-refractivity contribution in [3.63, 3.8) is 0 Å². The minimum atomic E-state index is 0. The van der Waals surface area contributed by atoms with Gasteiger partial charge in [0.2, 0.25) is 0 Å². The third-order valence-corrected chi connectivity index (χ3v) is 4.96. The number of H-pyrrole nitrogens is 1. The first-order valence-electron chi connectivity index (χ1n) is 8.75. The summed E-state index contributed by atoms with van der Waals surface area (Å²) < 4.78 is 0. The van der Waals surface area contributed by atoms with E-state index in [0.717, 1.165) is 30.8 Å². The lowest BCUT2D eigenvalue weighted by atomic mass is 10.0. The van der Waals surface area contributed by atoms with Crippen molar-refractivity contribution >= 4 is 41.4 Å². The summed E-state index contributed by atoms with van der Waals surface area (Å²) in [6.07, 6.45) is 2.38. The Labute approximate surface area is 167 Å². The van der Waals surface area contributed by atoms with Crippen LogP contribution in [-0.4, -0.2) is 34.2 Å². The zero-order chi connectivity index (χ0) is 16.4. The minimum Gasteiger partial charge on any atom is -0.382 e. The van der Waals surface area contributed by atoms with Crippen LogP contribution in [0.15, 0.2) is 48.5 Å². The van der Waals surface area contributed by atoms with Crippen LogP contribution in [0, 0.1) is 6.92 Å². The maximum Gasteiger partial charge on any atom is 0.0670 e. The van der Waals surface area contributed by atoms with Crippen molar-refractivity contribution in [3.05, 3.63) is 59.8 Å². The molecule has 140 valence electrons. The Balaban J connectivity index is 0.00000121. The Bertz CT molecular complexity index is 811. The van der Waals surface area contributed by atoms with Gasteiger partial charge >= 0.3 is 0 Å². The lowest BCUT2D eigenvalue weighted by Crippen LogP contribution is -2.38. The van der Waals surface area contributed by atoms with E-state index in [-0.39, 0.29) is 24.8 Å². The first-order chi connectivity index (χ1) is 11.8. The van der Waals surface area contributed by atoms with Gasteiger partial charge in [0.15, 0.2) is 0 Å². The highest BCUT2D eigenvalue weighted by atomic mass is 35.5. The lowest BCUT2D eigenvalue weighted by Gasteiger charge is -2.33. The highest BCUT2D eigenvalue weighted by Crippen LogP contribution is 2.23. The second kappa shape index (κ2) is 9.26. The predicted octanol–water partition coefficient (Wildman–Crippen LogP) is 4.79. The van der Waals surface area contributed by atoms with Crippen LogP contribution in [0.5, 0.6) is 0 Å². The highest BCUT2D eigenvalue weighted by Gasteiger charge is 2.19. The molecule has 26 heavy (non-hydrogen) atoms. The van der Waals surface area contributed by atoms with Crippen LogP contribution in [0.2, 0.25) is 0 Å². The number of fused-ring (bicyclic) bond motifs is 1. The Kier molecular flexibility index (Phi) is 7.33. The highest BCUT2D eigenvalue weighted by molar-refractivity contribution is 5.86. The third-order valence-electron chi connectivity index (χ3n) is 4.96. The molecule has 0 spiro atoms. The SMILES string of the molecule is Cc1n[nH]c2ccc(NC3CCN(Cc4ccccc4)CC3)cc12.Cl.Cl. The van der Waals surface area contributed by atoms with Crippen molar-refractivity contribution in [1.82, 2.24) is 15.1 Å². The molecule has 1 aliphatic rings. The monoisotopic (exact) mass is 392 g/mol. The first-order valence-corrected chi connectivity index (χ1v) is 8.75. The van der Waals surface area contributed by atoms with E-state index in [0.29, 0.717) is 6.04 Å². The molecule has 2 N–H and O–H groups in total. The van der Waals surface area contributed by atoms with E-state index in [4.69, 9.17) is 0 Å². The number of nitrogens with one attached hydrogen (secondary N) is 2. The number of benzene rings is 2. The number of anilines is 1. The van der Waals surface area contributed by atoms with Crippen molar-refractivity contribution < 1.29 is 0 Å². The number of aromatic amines is 1. The summed E-state index contributed by atoms with van der Waals surface area (Å²) in [7, 11) is 0. The topological polar surface area (TPSA) is 44.0 Å². The second-order valence-electron chi connectivity index (χ2n) is 6.75. The first kappa shape index (κ1) is 20.6. The van der Waals surface area contributed by atoms with Crippen LogP contribution in [-0.2, 0) is 6.54 Å². The number of aromatic nitrogens is 2. The number of nitrogens with zero attached hydrogens (tertiary/aromatic N) is 2. The number of aryl methyl sites for hydroxylation is 1. The van der Waals surface area contributed by atoms with Crippen LogP contribution >= 0.6 is 24.8 Å². The molecule has 1 saturated heterocycles. The van der Waals surface area contributed by atoms with Crippen LogP contribution in [0.3, 0.4) is 0 Å². The number of hydrogen-bond acceptors (Lipinski definition) is 3. The molecule has 1 fully saturated rings. The van der Waals surface area contributed by atoms with Gasteiger partial charge in [0.25, 0.3) is 0 Å². The molecule has 3 aromatic rings. The molecule has 0 unspecified atom stereocenters. The van der Waals surface area contributed by atoms with E-state index in [1.54, 1.807) is 0 Å². The van der Waals surface area contributed by atoms with E-state index >= 15 is 0 Å². The molecule has 4 nitrogen and oxygen atoms in total. The van der Waals surface area contributed by atoms with Crippen molar-refractivity contribution in [2.45, 2.75) is 32.4 Å². The van der Waals surface area contributed by atoms with Gasteiger partial charge in [-0.25, -0.2) is 0 Å². The molecule has 2 heterocycles. The molecule has 0 aliphatic carbocycles. The summed E-state index contributed by atoms with van der Waals surface area (Å²) >= 11 is 0. The molecule has 1 aromatic heterocycles. The Morgan fingerprint density at radius 1 is 1.08 bits per heavy atom. The number of likely N-dealkylation sites (tertiary alicyclic amines) is 1. The summed E-state index contributed by atoms with van der Waals surface area (Å²) in [6, 6.07) is 17.8. The Hall–Kier alpha value is -1.75. The van der Waals surface area contributed by atoms with Gasteiger partial charge in [0, 0.05) is 36.7 Å². The van der Waals surface area contributed by atoms with Crippen molar-refractivity contribution in [2.24, 2.45) is 0 Å². The fraction of sp³-hybridized carbons (Fsp3) is 0.350. The van der Waals surface area contributed by atoms with Gasteiger partial charge in [-0.15, -0.1) is 24.8 Å². The van der Waals surface area contributed by atoms with Crippen LogP contribution in [0.1, 0.15) is 24.1 Å². The van der Waals surface area contributed by atoms with Gasteiger partial charge in [-0.3, -0.25) is 10.00 Å². The summed E-state index contributed by atoms with van der Waals surface area (Å²) in [5.41, 5.74) is 4.78. The quantitative estimate of drug-likeness (QED) is 0.670. The molecule has 0 radical (unpaired) electrons. The normalized spacial score (nSPS) is 15.3. The van der Waals surface area contributed by atoms with E-state index in [2.05, 4.69) is 68.9 Å². The summed E-state index contributed by atoms with van der Waals surface area (Å²) in [4.78, 5) is 2.55. The maximum absolute atomic E-state index is 4.27. The van der Waals surface area contributed by atoms with Crippen LogP contribution < -0.4 is 5.32 Å². The molecule has 1 aliphatic heterocycles. The molecule has 0 bridgehead atoms. The van der Waals surface area contributed by atoms with Gasteiger partial charge in [-0.2, -0.15) is 5.10 Å². The average Bonchev–Trinajstić information content (AvgIpc) is 2.98. The predicted molar refractivity (Wildman–Crippen MR) is 114 cm³/mol. The van der Waals surface area contributed by atoms with Crippen molar-refractivity contribution in [1.29, 1.82) is 0 Å². The number of hydrogen-bond donors (Lipinski definition) is 2. The largest absolute Gasteiger partial charge is 0.382 e. The summed E-state index contributed by atoms with van der Waals surface area (Å²) in [5.74, 6) is 0. The Morgan fingerprint density at radius 2 is 1.81 bits per heavy atom. The van der Waals surface area contributed by atoms with E-state index in [9.17, 15) is 0 Å². The fourth-order valence-corrected chi connectivity index (χ4v) is 3.55. The number of rotatable bonds is 4. The van der Waals surface area contributed by atoms with E-state index in [1.165, 1.54) is 29.5 Å². The standard InChI is InChI=1S/C20H24N4.2ClH/c1-15-19-13-18(7-8-20(19)23-22-15)21-17-9-11-24(12-10-17)14-16-5-3-2-4-6-16;;/h2-8,13,17,21H,9-12,14H2,1H3,(H,22,23);2*1H. The molecular weight excluding hydrogens is 367 g/mol. The van der Waals surface area contributed by atoms with Gasteiger partial charge < -0.3 is 5.32 Å². The summed E-state index contributed by atoms with van der Waals surface area (Å²) in [5, 5.41) is 12.3. The van der Waals surface area contributed by atoms with Gasteiger partial charge in [-0.1, -0.05) is 30.3 Å². The van der Waals surface area contributed by atoms with Crippen molar-refractivity contribution in [3.8, 4) is 0 Å². The third kappa shape index (κ3) is 4.70. The van der Waals surface area contributed by atoms with Crippen LogP contribution in [0.4, 0.5) is 5.69 Å². The van der Waals surface area contributed by atoms with Gasteiger partial charge in [0.1, 0.15) is 0 Å². The Morgan fingerprint density at radius 3 is 2.54 bits per heavy atom. The molecule has 2 aromatic carbocycles. The fourth-order valence-electron chi connectivity index (χ4n) is 3.55. The molecule has 6 heteroatoms. The molecule has 0 saturated carbocycles. The smallest absolute Gasteiger partial charge is 0.0670 e. The number of piperidine rings is 1. The van der Waals surface area contributed by atoms with E-state index in [1.807, 2.05) is 6.92 Å². The molecule has 4 rings (SSSR count). The van der Waals surface area contributed by atoms with Gasteiger partial charge in [0.05, 0.1) is 11.2 Å². The average molecular weight is 393 g/mol. The lowest BCUT2D eigenvalue weighted by molar-refractivity contribution is 0.211. The minimum absolute atomic E-state index is 0. The molecule has 0 atom stereocenters. The second-order valence-corrected chi connectivity index (χ2v) is 6.75. The molecule has 0 amide bonds. The van der Waals surface area contributed by atoms with Gasteiger partial charge in [-0.05, 0) is 43.5 Å². The number of halogens is 2. The maximum atomic E-state index is 4.27. The molecular formula is C20H26Cl2N4.